The molecule has 0 radical (unpaired) electrons. The Balaban J connectivity index is 1.93. The number of carbonyl (C=O) groups excluding carboxylic acids is 1. The first-order valence-corrected chi connectivity index (χ1v) is 7.13. The fraction of sp³-hybridized carbons (Fsp3) is 0.0556. The second-order valence-corrected chi connectivity index (χ2v) is 4.89. The molecule has 2 aromatic heterocycles. The van der Waals surface area contributed by atoms with E-state index in [1.54, 1.807) is 25.4 Å². The fourth-order valence-corrected chi connectivity index (χ4v) is 2.19. The van der Waals surface area contributed by atoms with Crippen LogP contribution in [-0.4, -0.2) is 16.6 Å². The first kappa shape index (κ1) is 14.7. The average molecular weight is 305 g/mol. The highest BCUT2D eigenvalue weighted by Crippen LogP contribution is 2.11. The van der Waals surface area contributed by atoms with Gasteiger partial charge in [0.1, 0.15) is 5.76 Å². The monoisotopic (exact) mass is 305 g/mol. The third kappa shape index (κ3) is 3.35. The van der Waals surface area contributed by atoms with Crippen molar-refractivity contribution in [1.82, 2.24) is 10.4 Å². The summed E-state index contributed by atoms with van der Waals surface area (Å²) in [7, 11) is 0. The SMILES string of the molecule is Cc1occc1C(=O)N/N=C(/c1ccccc1)c1ccncc1. The Hall–Kier alpha value is -3.21. The maximum absolute atomic E-state index is 12.2. The lowest BCUT2D eigenvalue weighted by atomic mass is 10.0. The van der Waals surface area contributed by atoms with E-state index in [-0.39, 0.29) is 5.91 Å². The number of aryl methyl sites for hydroxylation is 1. The van der Waals surface area contributed by atoms with E-state index in [1.165, 1.54) is 6.26 Å². The zero-order chi connectivity index (χ0) is 16.1. The first-order chi connectivity index (χ1) is 11.3. The minimum atomic E-state index is -0.307. The number of hydrogen-bond donors (Lipinski definition) is 1. The van der Waals surface area contributed by atoms with Gasteiger partial charge in [-0.1, -0.05) is 30.3 Å². The summed E-state index contributed by atoms with van der Waals surface area (Å²) in [5, 5.41) is 4.31. The van der Waals surface area contributed by atoms with E-state index in [9.17, 15) is 4.79 Å². The Labute approximate surface area is 133 Å². The number of hydrogen-bond acceptors (Lipinski definition) is 4. The molecule has 23 heavy (non-hydrogen) atoms. The predicted molar refractivity (Wildman–Crippen MR) is 87.2 cm³/mol. The highest BCUT2D eigenvalue weighted by atomic mass is 16.3. The molecular weight excluding hydrogens is 290 g/mol. The minimum absolute atomic E-state index is 0.307. The van der Waals surface area contributed by atoms with Gasteiger partial charge in [-0.25, -0.2) is 5.43 Å². The lowest BCUT2D eigenvalue weighted by Crippen LogP contribution is -2.20. The second-order valence-electron chi connectivity index (χ2n) is 4.89. The Kier molecular flexibility index (Phi) is 4.29. The molecule has 0 atom stereocenters. The molecule has 3 aromatic rings. The fourth-order valence-electron chi connectivity index (χ4n) is 2.19. The summed E-state index contributed by atoms with van der Waals surface area (Å²) in [4.78, 5) is 16.2. The van der Waals surface area contributed by atoms with Gasteiger partial charge in [0.15, 0.2) is 0 Å². The first-order valence-electron chi connectivity index (χ1n) is 7.13. The highest BCUT2D eigenvalue weighted by molar-refractivity contribution is 6.13. The topological polar surface area (TPSA) is 67.5 Å². The molecule has 0 spiro atoms. The summed E-state index contributed by atoms with van der Waals surface area (Å²) in [6, 6.07) is 15.0. The molecule has 1 amide bonds. The molecule has 0 fully saturated rings. The van der Waals surface area contributed by atoms with Gasteiger partial charge in [0, 0.05) is 23.5 Å². The number of benzene rings is 1. The van der Waals surface area contributed by atoms with Crippen molar-refractivity contribution in [2.75, 3.05) is 0 Å². The summed E-state index contributed by atoms with van der Waals surface area (Å²) in [5.74, 6) is 0.251. The van der Waals surface area contributed by atoms with Gasteiger partial charge in [-0.15, -0.1) is 0 Å². The maximum Gasteiger partial charge on any atom is 0.274 e. The largest absolute Gasteiger partial charge is 0.469 e. The highest BCUT2D eigenvalue weighted by Gasteiger charge is 2.12. The van der Waals surface area contributed by atoms with Gasteiger partial charge in [-0.2, -0.15) is 5.10 Å². The van der Waals surface area contributed by atoms with Gasteiger partial charge in [0.25, 0.3) is 5.91 Å². The van der Waals surface area contributed by atoms with Crippen molar-refractivity contribution in [2.45, 2.75) is 6.92 Å². The molecule has 5 nitrogen and oxygen atoms in total. The number of carbonyl (C=O) groups is 1. The molecule has 0 saturated carbocycles. The van der Waals surface area contributed by atoms with Gasteiger partial charge in [0.2, 0.25) is 0 Å². The Bertz CT molecular complexity index is 782. The maximum atomic E-state index is 12.2. The summed E-state index contributed by atoms with van der Waals surface area (Å²) in [6.45, 7) is 1.74. The van der Waals surface area contributed by atoms with Gasteiger partial charge in [-0.3, -0.25) is 9.78 Å². The molecule has 0 aliphatic rings. The van der Waals surface area contributed by atoms with Crippen molar-refractivity contribution in [3.63, 3.8) is 0 Å². The summed E-state index contributed by atoms with van der Waals surface area (Å²) in [5.41, 5.74) is 5.51. The Morgan fingerprint density at radius 3 is 2.39 bits per heavy atom. The van der Waals surface area contributed by atoms with E-state index < -0.39 is 0 Å². The molecule has 0 bridgehead atoms. The number of pyridine rings is 1. The summed E-state index contributed by atoms with van der Waals surface area (Å²) in [6.07, 6.45) is 4.86. The standard InChI is InChI=1S/C18H15N3O2/c1-13-16(9-12-23-13)18(22)21-20-17(14-5-3-2-4-6-14)15-7-10-19-11-8-15/h2-12H,1H3,(H,21,22)/b20-17-. The Morgan fingerprint density at radius 2 is 1.74 bits per heavy atom. The molecule has 0 aliphatic carbocycles. The molecule has 114 valence electrons. The molecule has 5 heteroatoms. The number of aromatic nitrogens is 1. The van der Waals surface area contributed by atoms with Crippen molar-refractivity contribution < 1.29 is 9.21 Å². The number of nitrogens with one attached hydrogen (secondary N) is 1. The van der Waals surface area contributed by atoms with E-state index >= 15 is 0 Å². The molecular formula is C18H15N3O2. The lowest BCUT2D eigenvalue weighted by molar-refractivity contribution is 0.0953. The van der Waals surface area contributed by atoms with Crippen LogP contribution in [-0.2, 0) is 0 Å². The summed E-state index contributed by atoms with van der Waals surface area (Å²) < 4.78 is 5.14. The van der Waals surface area contributed by atoms with Crippen LogP contribution < -0.4 is 5.43 Å². The number of nitrogens with zero attached hydrogens (tertiary/aromatic N) is 2. The minimum Gasteiger partial charge on any atom is -0.469 e. The van der Waals surface area contributed by atoms with Crippen molar-refractivity contribution in [3.8, 4) is 0 Å². The number of amides is 1. The van der Waals surface area contributed by atoms with Crippen molar-refractivity contribution in [2.24, 2.45) is 5.10 Å². The van der Waals surface area contributed by atoms with Crippen LogP contribution in [0, 0.1) is 6.92 Å². The molecule has 2 heterocycles. The van der Waals surface area contributed by atoms with E-state index in [0.717, 1.165) is 11.1 Å². The van der Waals surface area contributed by atoms with Crippen molar-refractivity contribution >= 4 is 11.6 Å². The van der Waals surface area contributed by atoms with E-state index in [1.807, 2.05) is 42.5 Å². The summed E-state index contributed by atoms with van der Waals surface area (Å²) >= 11 is 0. The van der Waals surface area contributed by atoms with Crippen LogP contribution >= 0.6 is 0 Å². The van der Waals surface area contributed by atoms with Crippen molar-refractivity contribution in [3.05, 3.63) is 89.6 Å². The molecule has 0 saturated heterocycles. The zero-order valence-electron chi connectivity index (χ0n) is 12.6. The lowest BCUT2D eigenvalue weighted by Gasteiger charge is -2.07. The number of rotatable bonds is 4. The molecule has 1 aromatic carbocycles. The molecule has 1 N–H and O–H groups in total. The van der Waals surface area contributed by atoms with E-state index in [4.69, 9.17) is 4.42 Å². The number of furan rings is 1. The molecule has 0 aliphatic heterocycles. The van der Waals surface area contributed by atoms with Gasteiger partial charge in [0.05, 0.1) is 17.5 Å². The molecule has 3 rings (SSSR count). The van der Waals surface area contributed by atoms with Crippen LogP contribution in [0.4, 0.5) is 0 Å². The van der Waals surface area contributed by atoms with Crippen LogP contribution in [0.5, 0.6) is 0 Å². The number of hydrazone groups is 1. The molecule has 0 unspecified atom stereocenters. The Morgan fingerprint density at radius 1 is 1.04 bits per heavy atom. The smallest absolute Gasteiger partial charge is 0.274 e. The third-order valence-electron chi connectivity index (χ3n) is 3.37. The van der Waals surface area contributed by atoms with Crippen LogP contribution in [0.3, 0.4) is 0 Å². The van der Waals surface area contributed by atoms with Crippen LogP contribution in [0.2, 0.25) is 0 Å². The van der Waals surface area contributed by atoms with Crippen LogP contribution in [0.15, 0.2) is 76.7 Å². The van der Waals surface area contributed by atoms with Gasteiger partial charge in [-0.05, 0) is 25.1 Å². The zero-order valence-corrected chi connectivity index (χ0v) is 12.6. The van der Waals surface area contributed by atoms with Crippen LogP contribution in [0.25, 0.3) is 0 Å². The normalized spacial score (nSPS) is 11.3. The third-order valence-corrected chi connectivity index (χ3v) is 3.37. The second kappa shape index (κ2) is 6.70. The quantitative estimate of drug-likeness (QED) is 0.594. The van der Waals surface area contributed by atoms with Gasteiger partial charge < -0.3 is 4.42 Å². The van der Waals surface area contributed by atoms with E-state index in [2.05, 4.69) is 15.5 Å². The van der Waals surface area contributed by atoms with Gasteiger partial charge >= 0.3 is 0 Å². The average Bonchev–Trinajstić information content (AvgIpc) is 3.03. The van der Waals surface area contributed by atoms with Crippen LogP contribution in [0.1, 0.15) is 27.2 Å². The van der Waals surface area contributed by atoms with Crippen molar-refractivity contribution in [1.29, 1.82) is 0 Å². The predicted octanol–water partition coefficient (Wildman–Crippen LogP) is 3.17. The van der Waals surface area contributed by atoms with E-state index in [0.29, 0.717) is 17.0 Å².